The van der Waals surface area contributed by atoms with E-state index in [9.17, 15) is 4.79 Å². The third kappa shape index (κ3) is 6.85. The van der Waals surface area contributed by atoms with Crippen LogP contribution in [0.4, 0.5) is 0 Å². The van der Waals surface area contributed by atoms with E-state index in [4.69, 9.17) is 4.74 Å². The smallest absolute Gasteiger partial charge is 0.252 e. The van der Waals surface area contributed by atoms with Gasteiger partial charge < -0.3 is 4.74 Å². The minimum atomic E-state index is -0.174. The lowest BCUT2D eigenvalue weighted by Gasteiger charge is -2.09. The molecule has 0 aliphatic rings. The monoisotopic (exact) mass is 354 g/mol. The third-order valence-corrected chi connectivity index (χ3v) is 4.56. The SMILES string of the molecule is C=CCOc1ccc(/C=N\NC(=O)[C@@H](C)SCc2ccccc2)cc1. The van der Waals surface area contributed by atoms with Gasteiger partial charge in [0.1, 0.15) is 12.4 Å². The number of nitrogens with zero attached hydrogens (tertiary/aromatic N) is 1. The highest BCUT2D eigenvalue weighted by Gasteiger charge is 2.12. The Balaban J connectivity index is 1.76. The molecule has 0 spiro atoms. The van der Waals surface area contributed by atoms with Gasteiger partial charge in [-0.25, -0.2) is 5.43 Å². The maximum atomic E-state index is 12.1. The van der Waals surface area contributed by atoms with Gasteiger partial charge in [-0.15, -0.1) is 11.8 Å². The number of hydrogen-bond donors (Lipinski definition) is 1. The van der Waals surface area contributed by atoms with Crippen molar-refractivity contribution >= 4 is 23.9 Å². The van der Waals surface area contributed by atoms with E-state index in [0.717, 1.165) is 17.1 Å². The molecule has 0 saturated carbocycles. The number of carbonyl (C=O) groups is 1. The van der Waals surface area contributed by atoms with Gasteiger partial charge in [-0.2, -0.15) is 5.10 Å². The Bertz CT molecular complexity index is 699. The average Bonchev–Trinajstić information content (AvgIpc) is 2.66. The van der Waals surface area contributed by atoms with E-state index in [2.05, 4.69) is 29.2 Å². The Hall–Kier alpha value is -2.53. The first-order chi connectivity index (χ1) is 12.2. The number of hydrogen-bond acceptors (Lipinski definition) is 4. The Morgan fingerprint density at radius 2 is 1.96 bits per heavy atom. The molecule has 5 heteroatoms. The molecule has 25 heavy (non-hydrogen) atoms. The normalized spacial score (nSPS) is 11.9. The Kier molecular flexibility index (Phi) is 7.79. The molecule has 0 heterocycles. The van der Waals surface area contributed by atoms with Crippen LogP contribution in [0.3, 0.4) is 0 Å². The second-order valence-corrected chi connectivity index (χ2v) is 6.67. The molecule has 2 aromatic rings. The molecule has 1 atom stereocenters. The topological polar surface area (TPSA) is 50.7 Å². The lowest BCUT2D eigenvalue weighted by molar-refractivity contribution is -0.120. The summed E-state index contributed by atoms with van der Waals surface area (Å²) < 4.78 is 5.41. The van der Waals surface area contributed by atoms with Crippen molar-refractivity contribution in [3.05, 3.63) is 78.4 Å². The van der Waals surface area contributed by atoms with Crippen LogP contribution in [0.5, 0.6) is 5.75 Å². The molecule has 0 aromatic heterocycles. The summed E-state index contributed by atoms with van der Waals surface area (Å²) in [5, 5.41) is 3.84. The van der Waals surface area contributed by atoms with Gasteiger partial charge in [0, 0.05) is 5.75 Å². The summed E-state index contributed by atoms with van der Waals surface area (Å²) in [4.78, 5) is 12.1. The average molecular weight is 354 g/mol. The second-order valence-electron chi connectivity index (χ2n) is 5.34. The van der Waals surface area contributed by atoms with Crippen LogP contribution in [0, 0.1) is 0 Å². The van der Waals surface area contributed by atoms with E-state index in [-0.39, 0.29) is 11.2 Å². The van der Waals surface area contributed by atoms with Gasteiger partial charge >= 0.3 is 0 Å². The highest BCUT2D eigenvalue weighted by atomic mass is 32.2. The standard InChI is InChI=1S/C20H22N2O2S/c1-3-13-24-19-11-9-17(10-12-19)14-21-22-20(23)16(2)25-15-18-7-5-4-6-8-18/h3-12,14,16H,1,13,15H2,2H3,(H,22,23)/b21-14-/t16-/m1/s1. The van der Waals surface area contributed by atoms with Gasteiger partial charge in [0.15, 0.2) is 0 Å². The molecule has 130 valence electrons. The van der Waals surface area contributed by atoms with Crippen LogP contribution in [-0.4, -0.2) is 24.0 Å². The maximum Gasteiger partial charge on any atom is 0.252 e. The minimum Gasteiger partial charge on any atom is -0.490 e. The van der Waals surface area contributed by atoms with Crippen LogP contribution in [0.2, 0.25) is 0 Å². The number of rotatable bonds is 9. The van der Waals surface area contributed by atoms with Crippen molar-refractivity contribution < 1.29 is 9.53 Å². The van der Waals surface area contributed by atoms with E-state index in [1.807, 2.05) is 49.4 Å². The summed E-state index contributed by atoms with van der Waals surface area (Å²) in [6, 6.07) is 17.5. The van der Waals surface area contributed by atoms with Gasteiger partial charge in [0.05, 0.1) is 11.5 Å². The number of thioether (sulfide) groups is 1. The largest absolute Gasteiger partial charge is 0.490 e. The summed E-state index contributed by atoms with van der Waals surface area (Å²) in [7, 11) is 0. The van der Waals surface area contributed by atoms with E-state index < -0.39 is 0 Å². The quantitative estimate of drug-likeness (QED) is 0.420. The molecule has 0 saturated heterocycles. The van der Waals surface area contributed by atoms with Gasteiger partial charge in [-0.05, 0) is 42.3 Å². The van der Waals surface area contributed by atoms with E-state index in [0.29, 0.717) is 6.61 Å². The van der Waals surface area contributed by atoms with Gasteiger partial charge in [-0.1, -0.05) is 43.0 Å². The Morgan fingerprint density at radius 3 is 2.64 bits per heavy atom. The first-order valence-corrected chi connectivity index (χ1v) is 9.06. The predicted octanol–water partition coefficient (Wildman–Crippen LogP) is 4.02. The molecule has 0 aliphatic heterocycles. The highest BCUT2D eigenvalue weighted by molar-refractivity contribution is 7.99. The Labute approximate surface area is 153 Å². The van der Waals surface area contributed by atoms with Crippen molar-refractivity contribution in [2.45, 2.75) is 17.9 Å². The number of amides is 1. The molecule has 0 unspecified atom stereocenters. The van der Waals surface area contributed by atoms with Crippen molar-refractivity contribution in [1.82, 2.24) is 5.43 Å². The summed E-state index contributed by atoms with van der Waals surface area (Å²) in [6.07, 6.45) is 3.31. The first-order valence-electron chi connectivity index (χ1n) is 8.01. The summed E-state index contributed by atoms with van der Waals surface area (Å²) in [5.74, 6) is 1.46. The fourth-order valence-corrected chi connectivity index (χ4v) is 2.78. The van der Waals surface area contributed by atoms with Crippen molar-refractivity contribution in [2.24, 2.45) is 5.10 Å². The van der Waals surface area contributed by atoms with Gasteiger partial charge in [-0.3, -0.25) is 4.79 Å². The van der Waals surface area contributed by atoms with Gasteiger partial charge in [0.2, 0.25) is 0 Å². The predicted molar refractivity (Wildman–Crippen MR) is 105 cm³/mol. The minimum absolute atomic E-state index is 0.108. The van der Waals surface area contributed by atoms with Crippen LogP contribution in [0.15, 0.2) is 72.4 Å². The molecular formula is C20H22N2O2S. The Morgan fingerprint density at radius 1 is 1.24 bits per heavy atom. The van der Waals surface area contributed by atoms with Crippen molar-refractivity contribution in [3.8, 4) is 5.75 Å². The third-order valence-electron chi connectivity index (χ3n) is 3.35. The number of ether oxygens (including phenoxy) is 1. The van der Waals surface area contributed by atoms with Gasteiger partial charge in [0.25, 0.3) is 5.91 Å². The molecule has 1 amide bonds. The number of benzene rings is 2. The molecule has 2 aromatic carbocycles. The molecule has 0 radical (unpaired) electrons. The van der Waals surface area contributed by atoms with Crippen LogP contribution in [0.1, 0.15) is 18.1 Å². The molecule has 2 rings (SSSR count). The lowest BCUT2D eigenvalue weighted by Crippen LogP contribution is -2.26. The van der Waals surface area contributed by atoms with Crippen LogP contribution in [0.25, 0.3) is 0 Å². The van der Waals surface area contributed by atoms with Crippen molar-refractivity contribution in [2.75, 3.05) is 6.61 Å². The van der Waals surface area contributed by atoms with Crippen molar-refractivity contribution in [3.63, 3.8) is 0 Å². The number of carbonyl (C=O) groups excluding carboxylic acids is 1. The van der Waals surface area contributed by atoms with Crippen LogP contribution < -0.4 is 10.2 Å². The molecule has 4 nitrogen and oxygen atoms in total. The zero-order chi connectivity index (χ0) is 17.9. The summed E-state index contributed by atoms with van der Waals surface area (Å²) >= 11 is 1.58. The molecular weight excluding hydrogens is 332 g/mol. The van der Waals surface area contributed by atoms with Crippen LogP contribution >= 0.6 is 11.8 Å². The fourth-order valence-electron chi connectivity index (χ4n) is 1.94. The fraction of sp³-hybridized carbons (Fsp3) is 0.200. The lowest BCUT2D eigenvalue weighted by atomic mass is 10.2. The zero-order valence-corrected chi connectivity index (χ0v) is 15.0. The van der Waals surface area contributed by atoms with Crippen molar-refractivity contribution in [1.29, 1.82) is 0 Å². The van der Waals surface area contributed by atoms with E-state index in [1.54, 1.807) is 24.1 Å². The first kappa shape index (κ1) is 18.8. The molecule has 1 N–H and O–H groups in total. The van der Waals surface area contributed by atoms with E-state index >= 15 is 0 Å². The second kappa shape index (κ2) is 10.4. The number of nitrogens with one attached hydrogen (secondary N) is 1. The highest BCUT2D eigenvalue weighted by Crippen LogP contribution is 2.17. The summed E-state index contributed by atoms with van der Waals surface area (Å²) in [6.45, 7) is 5.96. The van der Waals surface area contributed by atoms with E-state index in [1.165, 1.54) is 5.56 Å². The molecule has 0 bridgehead atoms. The molecule has 0 fully saturated rings. The zero-order valence-electron chi connectivity index (χ0n) is 14.2. The number of hydrazone groups is 1. The van der Waals surface area contributed by atoms with Crippen LogP contribution in [-0.2, 0) is 10.5 Å². The molecule has 0 aliphatic carbocycles. The summed E-state index contributed by atoms with van der Waals surface area (Å²) in [5.41, 5.74) is 4.67. The maximum absolute atomic E-state index is 12.1.